The van der Waals surface area contributed by atoms with Gasteiger partial charge in [-0.3, -0.25) is 4.52 Å². The smallest absolute Gasteiger partial charge is 0.392 e. The van der Waals surface area contributed by atoms with Crippen LogP contribution in [0.25, 0.3) is 0 Å². The average Bonchev–Trinajstić information content (AvgIpc) is 2.37. The lowest BCUT2D eigenvalue weighted by atomic mass is 10.0. The lowest BCUT2D eigenvalue weighted by Gasteiger charge is -2.11. The number of aliphatic hydroxyl groups excluding tert-OH is 1. The van der Waals surface area contributed by atoms with E-state index in [-0.39, 0.29) is 6.61 Å². The van der Waals surface area contributed by atoms with Gasteiger partial charge < -0.3 is 19.8 Å². The number of benzene rings is 1. The molecule has 0 aliphatic rings. The van der Waals surface area contributed by atoms with E-state index >= 15 is 0 Å². The topological polar surface area (TPSA) is 134 Å². The third-order valence-corrected chi connectivity index (χ3v) is 4.73. The Morgan fingerprint density at radius 1 is 1.18 bits per heavy atom. The SMILES string of the molecule is Cc1ccc(C/C(=C\COP(=O)(O)OP(=O)(O)O)CO)cc1. The Hall–Kier alpha value is -0.820. The number of aryl methyl sites for hydroxylation is 1. The Morgan fingerprint density at radius 2 is 1.77 bits per heavy atom. The van der Waals surface area contributed by atoms with Crippen molar-refractivity contribution in [3.8, 4) is 0 Å². The van der Waals surface area contributed by atoms with Crippen LogP contribution in [-0.4, -0.2) is 33.0 Å². The van der Waals surface area contributed by atoms with Gasteiger partial charge in [0.05, 0.1) is 13.2 Å². The van der Waals surface area contributed by atoms with Gasteiger partial charge in [0, 0.05) is 0 Å². The van der Waals surface area contributed by atoms with Crippen LogP contribution in [0.15, 0.2) is 35.9 Å². The second-order valence-corrected chi connectivity index (χ2v) is 7.35. The highest BCUT2D eigenvalue weighted by atomic mass is 31.3. The first-order chi connectivity index (χ1) is 10.1. The molecule has 0 heterocycles. The van der Waals surface area contributed by atoms with Crippen LogP contribution in [-0.2, 0) is 24.4 Å². The molecule has 1 atom stereocenters. The largest absolute Gasteiger partial charge is 0.481 e. The molecule has 0 aliphatic carbocycles. The molecule has 22 heavy (non-hydrogen) atoms. The highest BCUT2D eigenvalue weighted by molar-refractivity contribution is 7.60. The van der Waals surface area contributed by atoms with E-state index in [1.807, 2.05) is 31.2 Å². The zero-order chi connectivity index (χ0) is 16.8. The second-order valence-electron chi connectivity index (χ2n) is 4.52. The molecule has 124 valence electrons. The van der Waals surface area contributed by atoms with E-state index in [1.165, 1.54) is 6.08 Å². The van der Waals surface area contributed by atoms with Gasteiger partial charge in [-0.2, -0.15) is 4.31 Å². The minimum Gasteiger partial charge on any atom is -0.392 e. The van der Waals surface area contributed by atoms with Crippen LogP contribution in [0.3, 0.4) is 0 Å². The summed E-state index contributed by atoms with van der Waals surface area (Å²) in [5.41, 5.74) is 2.56. The van der Waals surface area contributed by atoms with Crippen molar-refractivity contribution in [3.63, 3.8) is 0 Å². The zero-order valence-electron chi connectivity index (χ0n) is 11.8. The van der Waals surface area contributed by atoms with Crippen LogP contribution in [0.5, 0.6) is 0 Å². The summed E-state index contributed by atoms with van der Waals surface area (Å²) >= 11 is 0. The molecule has 0 spiro atoms. The van der Waals surface area contributed by atoms with Crippen molar-refractivity contribution in [1.82, 2.24) is 0 Å². The maximum atomic E-state index is 11.2. The van der Waals surface area contributed by atoms with Gasteiger partial charge in [-0.05, 0) is 24.5 Å². The molecule has 0 fully saturated rings. The zero-order valence-corrected chi connectivity index (χ0v) is 13.6. The van der Waals surface area contributed by atoms with E-state index in [2.05, 4.69) is 8.83 Å². The fourth-order valence-corrected chi connectivity index (χ4v) is 3.09. The summed E-state index contributed by atoms with van der Waals surface area (Å²) in [6, 6.07) is 7.59. The van der Waals surface area contributed by atoms with Gasteiger partial charge in [0.2, 0.25) is 0 Å². The summed E-state index contributed by atoms with van der Waals surface area (Å²) in [6.07, 6.45) is 1.76. The van der Waals surface area contributed by atoms with Gasteiger partial charge >= 0.3 is 15.6 Å². The number of hydrogen-bond acceptors (Lipinski definition) is 5. The number of hydrogen-bond donors (Lipinski definition) is 4. The van der Waals surface area contributed by atoms with Crippen molar-refractivity contribution in [3.05, 3.63) is 47.0 Å². The molecule has 0 aromatic heterocycles. The fourth-order valence-electron chi connectivity index (χ4n) is 1.57. The molecule has 8 nitrogen and oxygen atoms in total. The Bertz CT molecular complexity index is 604. The average molecular weight is 352 g/mol. The van der Waals surface area contributed by atoms with E-state index in [4.69, 9.17) is 14.7 Å². The molecular weight excluding hydrogens is 334 g/mol. The van der Waals surface area contributed by atoms with Crippen LogP contribution in [0.1, 0.15) is 11.1 Å². The highest BCUT2D eigenvalue weighted by Crippen LogP contribution is 2.57. The molecule has 0 saturated heterocycles. The third kappa shape index (κ3) is 7.98. The van der Waals surface area contributed by atoms with E-state index in [0.29, 0.717) is 12.0 Å². The molecular formula is C12H18O8P2. The van der Waals surface area contributed by atoms with Crippen LogP contribution < -0.4 is 0 Å². The number of rotatable bonds is 8. The Morgan fingerprint density at radius 3 is 2.27 bits per heavy atom. The minimum absolute atomic E-state index is 0.285. The van der Waals surface area contributed by atoms with Gasteiger partial charge in [0.25, 0.3) is 0 Å². The lowest BCUT2D eigenvalue weighted by molar-refractivity contribution is 0.190. The number of phosphoric ester groups is 1. The van der Waals surface area contributed by atoms with Gasteiger partial charge in [0.1, 0.15) is 0 Å². The van der Waals surface area contributed by atoms with Crippen molar-refractivity contribution >= 4 is 15.6 Å². The fraction of sp³-hybridized carbons (Fsp3) is 0.333. The lowest BCUT2D eigenvalue weighted by Crippen LogP contribution is -2.00. The van der Waals surface area contributed by atoms with Crippen LogP contribution in [0.2, 0.25) is 0 Å². The number of phosphoric acid groups is 2. The van der Waals surface area contributed by atoms with Crippen molar-refractivity contribution in [2.24, 2.45) is 0 Å². The van der Waals surface area contributed by atoms with Gasteiger partial charge in [-0.25, -0.2) is 9.13 Å². The predicted octanol–water partition coefficient (Wildman–Crippen LogP) is 1.68. The Balaban J connectivity index is 2.60. The first-order valence-electron chi connectivity index (χ1n) is 6.20. The van der Waals surface area contributed by atoms with Crippen LogP contribution >= 0.6 is 15.6 Å². The van der Waals surface area contributed by atoms with Gasteiger partial charge in [-0.1, -0.05) is 35.9 Å². The normalized spacial score (nSPS) is 15.6. The van der Waals surface area contributed by atoms with Crippen LogP contribution in [0.4, 0.5) is 0 Å². The first-order valence-corrected chi connectivity index (χ1v) is 9.22. The third-order valence-electron chi connectivity index (χ3n) is 2.57. The summed E-state index contributed by atoms with van der Waals surface area (Å²) in [5, 5.41) is 9.25. The first kappa shape index (κ1) is 19.2. The van der Waals surface area contributed by atoms with Crippen LogP contribution in [0, 0.1) is 6.92 Å². The van der Waals surface area contributed by atoms with Crippen molar-refractivity contribution in [1.29, 1.82) is 0 Å². The minimum atomic E-state index is -5.13. The summed E-state index contributed by atoms with van der Waals surface area (Å²) in [7, 11) is -9.98. The number of aliphatic hydroxyl groups is 1. The van der Waals surface area contributed by atoms with E-state index < -0.39 is 22.3 Å². The maximum Gasteiger partial charge on any atom is 0.481 e. The van der Waals surface area contributed by atoms with Gasteiger partial charge in [0.15, 0.2) is 0 Å². The summed E-state index contributed by atoms with van der Waals surface area (Å²) < 4.78 is 29.7. The highest BCUT2D eigenvalue weighted by Gasteiger charge is 2.31. The molecule has 1 aromatic carbocycles. The Labute approximate surface area is 127 Å². The summed E-state index contributed by atoms with van der Waals surface area (Å²) in [5.74, 6) is 0. The molecule has 10 heteroatoms. The second kappa shape index (κ2) is 8.15. The van der Waals surface area contributed by atoms with Gasteiger partial charge in [-0.15, -0.1) is 0 Å². The van der Waals surface area contributed by atoms with E-state index in [1.54, 1.807) is 0 Å². The van der Waals surface area contributed by atoms with E-state index in [0.717, 1.165) is 11.1 Å². The molecule has 0 radical (unpaired) electrons. The molecule has 0 amide bonds. The summed E-state index contributed by atoms with van der Waals surface area (Å²) in [6.45, 7) is 1.22. The van der Waals surface area contributed by atoms with Crippen molar-refractivity contribution in [2.45, 2.75) is 13.3 Å². The monoisotopic (exact) mass is 352 g/mol. The molecule has 1 rings (SSSR count). The standard InChI is InChI=1S/C12H18O8P2/c1-10-2-4-11(5-3-10)8-12(9-13)6-7-19-22(17,18)20-21(14,15)16/h2-6,13H,7-9H2,1H3,(H,17,18)(H2,14,15,16)/b12-6+. The van der Waals surface area contributed by atoms with Crippen molar-refractivity contribution in [2.75, 3.05) is 13.2 Å². The quantitative estimate of drug-likeness (QED) is 0.410. The molecule has 1 unspecified atom stereocenters. The molecule has 1 aromatic rings. The van der Waals surface area contributed by atoms with E-state index in [9.17, 15) is 14.2 Å². The molecule has 0 aliphatic heterocycles. The maximum absolute atomic E-state index is 11.2. The van der Waals surface area contributed by atoms with Crippen molar-refractivity contribution < 1.29 is 37.8 Å². The predicted molar refractivity (Wildman–Crippen MR) is 79.0 cm³/mol. The molecule has 4 N–H and O–H groups in total. The Kier molecular flexibility index (Phi) is 7.12. The molecule has 0 saturated carbocycles. The summed E-state index contributed by atoms with van der Waals surface area (Å²) in [4.78, 5) is 26.0. The molecule has 0 bridgehead atoms.